The molecule has 1 unspecified atom stereocenters. The molecule has 2 aromatic heterocycles. The molecule has 1 atom stereocenters. The number of aromatic nitrogens is 3. The number of sulfonamides is 1. The molecule has 0 saturated carbocycles. The summed E-state index contributed by atoms with van der Waals surface area (Å²) in [6.07, 6.45) is 4.12. The van der Waals surface area contributed by atoms with Gasteiger partial charge in [0, 0.05) is 18.9 Å². The van der Waals surface area contributed by atoms with Crippen LogP contribution in [0.5, 0.6) is 0 Å². The molecule has 1 aromatic carbocycles. The lowest BCUT2D eigenvalue weighted by Crippen LogP contribution is -2.40. The smallest absolute Gasteiger partial charge is 0.247 e. The van der Waals surface area contributed by atoms with E-state index in [1.165, 1.54) is 5.56 Å². The lowest BCUT2D eigenvalue weighted by atomic mass is 9.91. The Balaban J connectivity index is 1.91. The van der Waals surface area contributed by atoms with Crippen molar-refractivity contribution in [3.63, 3.8) is 0 Å². The molecule has 7 heteroatoms. The third-order valence-electron chi connectivity index (χ3n) is 4.87. The predicted molar refractivity (Wildman–Crippen MR) is 98.2 cm³/mol. The van der Waals surface area contributed by atoms with Gasteiger partial charge < -0.3 is 0 Å². The van der Waals surface area contributed by atoms with E-state index in [1.807, 2.05) is 30.3 Å². The molecule has 0 aliphatic carbocycles. The van der Waals surface area contributed by atoms with Crippen molar-refractivity contribution >= 4 is 10.0 Å². The lowest BCUT2D eigenvalue weighted by Gasteiger charge is -2.36. The third-order valence-corrected chi connectivity index (χ3v) is 6.99. The Kier molecular flexibility index (Phi) is 4.13. The van der Waals surface area contributed by atoms with Crippen LogP contribution in [0.3, 0.4) is 0 Å². The number of benzene rings is 1. The van der Waals surface area contributed by atoms with Gasteiger partial charge in [-0.1, -0.05) is 30.3 Å². The standard InChI is InChI=1S/C19H20N4O2S/c1-13-19(14(2)22-21-13)26(24,25)23-11-9-15-6-3-4-8-17(15)18(23)16-7-5-10-20-12-16/h3-8,10,12,18H,9,11H2,1-2H3,(H,21,22). The van der Waals surface area contributed by atoms with Gasteiger partial charge in [-0.3, -0.25) is 10.1 Å². The van der Waals surface area contributed by atoms with Crippen LogP contribution in [0.1, 0.15) is 34.1 Å². The second-order valence-electron chi connectivity index (χ2n) is 6.52. The van der Waals surface area contributed by atoms with Gasteiger partial charge in [-0.2, -0.15) is 9.40 Å². The molecule has 26 heavy (non-hydrogen) atoms. The Morgan fingerprint density at radius 1 is 1.15 bits per heavy atom. The van der Waals surface area contributed by atoms with E-state index in [0.29, 0.717) is 24.4 Å². The largest absolute Gasteiger partial charge is 0.281 e. The molecule has 1 aliphatic rings. The highest BCUT2D eigenvalue weighted by Crippen LogP contribution is 2.39. The maximum atomic E-state index is 13.5. The van der Waals surface area contributed by atoms with Gasteiger partial charge in [-0.25, -0.2) is 8.42 Å². The summed E-state index contributed by atoms with van der Waals surface area (Å²) in [6.45, 7) is 3.88. The summed E-state index contributed by atoms with van der Waals surface area (Å²) in [6, 6.07) is 11.4. The SMILES string of the molecule is Cc1n[nH]c(C)c1S(=O)(=O)N1CCc2ccccc2C1c1cccnc1. The zero-order valence-corrected chi connectivity index (χ0v) is 15.5. The Hall–Kier alpha value is -2.51. The molecule has 0 bridgehead atoms. The number of hydrogen-bond acceptors (Lipinski definition) is 4. The van der Waals surface area contributed by atoms with E-state index in [1.54, 1.807) is 30.5 Å². The van der Waals surface area contributed by atoms with Crippen molar-refractivity contribution in [3.05, 3.63) is 76.9 Å². The molecule has 0 fully saturated rings. The van der Waals surface area contributed by atoms with E-state index in [2.05, 4.69) is 21.2 Å². The van der Waals surface area contributed by atoms with Gasteiger partial charge in [0.15, 0.2) is 0 Å². The molecule has 0 radical (unpaired) electrons. The first-order valence-corrected chi connectivity index (χ1v) is 9.95. The predicted octanol–water partition coefficient (Wildman–Crippen LogP) is 2.76. The van der Waals surface area contributed by atoms with Gasteiger partial charge >= 0.3 is 0 Å². The maximum absolute atomic E-state index is 13.5. The van der Waals surface area contributed by atoms with Gasteiger partial charge in [0.1, 0.15) is 4.90 Å². The summed E-state index contributed by atoms with van der Waals surface area (Å²) in [5.41, 5.74) is 4.10. The Morgan fingerprint density at radius 2 is 1.96 bits per heavy atom. The first kappa shape index (κ1) is 16.9. The molecule has 1 N–H and O–H groups in total. The van der Waals surface area contributed by atoms with Crippen molar-refractivity contribution < 1.29 is 8.42 Å². The molecule has 0 spiro atoms. The molecule has 0 amide bonds. The molecular weight excluding hydrogens is 348 g/mol. The molecule has 1 aliphatic heterocycles. The topological polar surface area (TPSA) is 79.0 Å². The lowest BCUT2D eigenvalue weighted by molar-refractivity contribution is 0.343. The van der Waals surface area contributed by atoms with Gasteiger partial charge in [-0.05, 0) is 43.0 Å². The van der Waals surface area contributed by atoms with Crippen molar-refractivity contribution in [2.75, 3.05) is 6.54 Å². The van der Waals surface area contributed by atoms with Crippen molar-refractivity contribution in [2.45, 2.75) is 31.2 Å². The number of hydrogen-bond donors (Lipinski definition) is 1. The van der Waals surface area contributed by atoms with E-state index in [-0.39, 0.29) is 4.90 Å². The normalized spacial score (nSPS) is 17.8. The van der Waals surface area contributed by atoms with Crippen LogP contribution in [0.25, 0.3) is 0 Å². The minimum atomic E-state index is -3.71. The van der Waals surface area contributed by atoms with Crippen molar-refractivity contribution in [1.82, 2.24) is 19.5 Å². The molecule has 3 heterocycles. The Morgan fingerprint density at radius 3 is 2.65 bits per heavy atom. The zero-order chi connectivity index (χ0) is 18.3. The second-order valence-corrected chi connectivity index (χ2v) is 8.34. The summed E-state index contributed by atoms with van der Waals surface area (Å²) >= 11 is 0. The van der Waals surface area contributed by atoms with E-state index < -0.39 is 16.1 Å². The van der Waals surface area contributed by atoms with E-state index in [9.17, 15) is 8.42 Å². The molecule has 3 aromatic rings. The monoisotopic (exact) mass is 368 g/mol. The van der Waals surface area contributed by atoms with Crippen molar-refractivity contribution in [2.24, 2.45) is 0 Å². The molecule has 0 saturated heterocycles. The van der Waals surface area contributed by atoms with Crippen LogP contribution in [0, 0.1) is 13.8 Å². The van der Waals surface area contributed by atoms with Crippen molar-refractivity contribution in [1.29, 1.82) is 0 Å². The number of aromatic amines is 1. The fourth-order valence-corrected chi connectivity index (χ4v) is 5.65. The summed E-state index contributed by atoms with van der Waals surface area (Å²) in [5.74, 6) is 0. The van der Waals surface area contributed by atoms with Crippen LogP contribution in [-0.4, -0.2) is 34.4 Å². The highest BCUT2D eigenvalue weighted by Gasteiger charge is 2.39. The number of nitrogens with zero attached hydrogens (tertiary/aromatic N) is 3. The number of nitrogens with one attached hydrogen (secondary N) is 1. The van der Waals surface area contributed by atoms with Crippen LogP contribution >= 0.6 is 0 Å². The van der Waals surface area contributed by atoms with E-state index in [0.717, 1.165) is 11.1 Å². The minimum absolute atomic E-state index is 0.269. The highest BCUT2D eigenvalue weighted by atomic mass is 32.2. The number of pyridine rings is 1. The fraction of sp³-hybridized carbons (Fsp3) is 0.263. The average molecular weight is 368 g/mol. The van der Waals surface area contributed by atoms with E-state index >= 15 is 0 Å². The van der Waals surface area contributed by atoms with Crippen LogP contribution in [0.15, 0.2) is 53.7 Å². The number of fused-ring (bicyclic) bond motifs is 1. The molecular formula is C19H20N4O2S. The first-order valence-electron chi connectivity index (χ1n) is 8.51. The molecule has 134 valence electrons. The summed E-state index contributed by atoms with van der Waals surface area (Å²) < 4.78 is 28.6. The van der Waals surface area contributed by atoms with Crippen LogP contribution in [0.2, 0.25) is 0 Å². The summed E-state index contributed by atoms with van der Waals surface area (Å²) in [7, 11) is -3.71. The van der Waals surface area contributed by atoms with Crippen molar-refractivity contribution in [3.8, 4) is 0 Å². The average Bonchev–Trinajstić information content (AvgIpc) is 3.00. The van der Waals surface area contributed by atoms with Gasteiger partial charge in [0.25, 0.3) is 0 Å². The van der Waals surface area contributed by atoms with Crippen LogP contribution < -0.4 is 0 Å². The van der Waals surface area contributed by atoms with Crippen LogP contribution in [0.4, 0.5) is 0 Å². The van der Waals surface area contributed by atoms with Gasteiger partial charge in [-0.15, -0.1) is 0 Å². The number of H-pyrrole nitrogens is 1. The second kappa shape index (κ2) is 6.34. The van der Waals surface area contributed by atoms with Crippen LogP contribution in [-0.2, 0) is 16.4 Å². The zero-order valence-electron chi connectivity index (χ0n) is 14.7. The quantitative estimate of drug-likeness (QED) is 0.771. The van der Waals surface area contributed by atoms with Gasteiger partial charge in [0.05, 0.1) is 17.4 Å². The third kappa shape index (κ3) is 2.64. The molecule has 4 rings (SSSR count). The Labute approximate surface area is 153 Å². The fourth-order valence-electron chi connectivity index (χ4n) is 3.72. The number of rotatable bonds is 3. The number of aryl methyl sites for hydroxylation is 2. The van der Waals surface area contributed by atoms with Gasteiger partial charge in [0.2, 0.25) is 10.0 Å². The highest BCUT2D eigenvalue weighted by molar-refractivity contribution is 7.89. The molecule has 6 nitrogen and oxygen atoms in total. The maximum Gasteiger partial charge on any atom is 0.247 e. The summed E-state index contributed by atoms with van der Waals surface area (Å²) in [5, 5.41) is 6.86. The first-order chi connectivity index (χ1) is 12.5. The minimum Gasteiger partial charge on any atom is -0.281 e. The Bertz CT molecular complexity index is 1020. The van der Waals surface area contributed by atoms with E-state index in [4.69, 9.17) is 0 Å². The summed E-state index contributed by atoms with van der Waals surface area (Å²) in [4.78, 5) is 4.48.